The highest BCUT2D eigenvalue weighted by atomic mass is 16.3. The topological polar surface area (TPSA) is 20.2 Å². The van der Waals surface area contributed by atoms with Crippen LogP contribution < -0.4 is 0 Å². The third-order valence-electron chi connectivity index (χ3n) is 9.11. The lowest BCUT2D eigenvalue weighted by molar-refractivity contribution is -0.125. The van der Waals surface area contributed by atoms with Crippen LogP contribution in [0.1, 0.15) is 78.6 Å². The van der Waals surface area contributed by atoms with E-state index in [2.05, 4.69) is 20.8 Å². The Kier molecular flexibility index (Phi) is 3.27. The SMILES string of the molecule is CC1CCC2[C@@H]3CC[C@@H]4C[C@H](O)CC[C@]4(C)C3CC[C@]12C. The normalized spacial score (nSPS) is 60.0. The molecule has 4 rings (SSSR count). The minimum atomic E-state index is -0.0000147. The predicted molar refractivity (Wildman–Crippen MR) is 86.9 cm³/mol. The smallest absolute Gasteiger partial charge is 0.0543 e. The fraction of sp³-hybridized carbons (Fsp3) is 1.00. The molecule has 0 bridgehead atoms. The van der Waals surface area contributed by atoms with Crippen molar-refractivity contribution in [1.29, 1.82) is 0 Å². The van der Waals surface area contributed by atoms with Crippen molar-refractivity contribution in [1.82, 2.24) is 0 Å². The van der Waals surface area contributed by atoms with Crippen LogP contribution in [0.3, 0.4) is 0 Å². The number of rotatable bonds is 0. The summed E-state index contributed by atoms with van der Waals surface area (Å²) < 4.78 is 0. The number of fused-ring (bicyclic) bond motifs is 5. The van der Waals surface area contributed by atoms with E-state index in [1.165, 1.54) is 44.9 Å². The number of hydrogen-bond donors (Lipinski definition) is 1. The van der Waals surface area contributed by atoms with Crippen LogP contribution in [-0.2, 0) is 0 Å². The number of aliphatic hydroxyl groups excluding tert-OH is 1. The molecule has 0 aromatic rings. The maximum absolute atomic E-state index is 10.1. The van der Waals surface area contributed by atoms with E-state index in [1.807, 2.05) is 0 Å². The van der Waals surface area contributed by atoms with Crippen molar-refractivity contribution < 1.29 is 5.11 Å². The summed E-state index contributed by atoms with van der Waals surface area (Å²) in [5, 5.41) is 10.1. The highest BCUT2D eigenvalue weighted by molar-refractivity contribution is 5.08. The molecule has 4 fully saturated rings. The van der Waals surface area contributed by atoms with E-state index in [4.69, 9.17) is 0 Å². The van der Waals surface area contributed by atoms with Gasteiger partial charge in [-0.25, -0.2) is 0 Å². The van der Waals surface area contributed by atoms with Crippen molar-refractivity contribution in [2.45, 2.75) is 84.7 Å². The average molecular weight is 290 g/mol. The Labute approximate surface area is 130 Å². The van der Waals surface area contributed by atoms with Crippen LogP contribution in [0.25, 0.3) is 0 Å². The fourth-order valence-electron chi connectivity index (χ4n) is 7.50. The highest BCUT2D eigenvalue weighted by Crippen LogP contribution is 2.67. The van der Waals surface area contributed by atoms with Crippen LogP contribution in [-0.4, -0.2) is 11.2 Å². The molecule has 120 valence electrons. The zero-order chi connectivity index (χ0) is 14.8. The Morgan fingerprint density at radius 1 is 0.810 bits per heavy atom. The van der Waals surface area contributed by atoms with Crippen LogP contribution in [0.4, 0.5) is 0 Å². The van der Waals surface area contributed by atoms with Gasteiger partial charge in [0.15, 0.2) is 0 Å². The van der Waals surface area contributed by atoms with Gasteiger partial charge in [0.05, 0.1) is 6.10 Å². The molecule has 0 spiro atoms. The summed E-state index contributed by atoms with van der Waals surface area (Å²) >= 11 is 0. The molecule has 0 amide bonds. The molecule has 4 saturated carbocycles. The Morgan fingerprint density at radius 2 is 1.52 bits per heavy atom. The molecule has 4 aliphatic rings. The zero-order valence-corrected chi connectivity index (χ0v) is 14.3. The quantitative estimate of drug-likeness (QED) is 0.663. The molecule has 4 aliphatic carbocycles. The first kappa shape index (κ1) is 14.5. The molecule has 1 nitrogen and oxygen atoms in total. The van der Waals surface area contributed by atoms with E-state index in [1.54, 1.807) is 0 Å². The Hall–Kier alpha value is -0.0400. The van der Waals surface area contributed by atoms with Crippen LogP contribution in [0.2, 0.25) is 0 Å². The van der Waals surface area contributed by atoms with E-state index >= 15 is 0 Å². The van der Waals surface area contributed by atoms with Gasteiger partial charge in [-0.2, -0.15) is 0 Å². The second-order valence-electron chi connectivity index (χ2n) is 9.61. The van der Waals surface area contributed by atoms with Gasteiger partial charge in [0, 0.05) is 0 Å². The van der Waals surface area contributed by atoms with Crippen LogP contribution in [0.15, 0.2) is 0 Å². The largest absolute Gasteiger partial charge is 0.393 e. The number of aliphatic hydroxyl groups is 1. The van der Waals surface area contributed by atoms with Crippen molar-refractivity contribution in [2.24, 2.45) is 40.4 Å². The van der Waals surface area contributed by atoms with Crippen LogP contribution in [0, 0.1) is 40.4 Å². The van der Waals surface area contributed by atoms with Gasteiger partial charge in [-0.15, -0.1) is 0 Å². The molecular weight excluding hydrogens is 256 g/mol. The lowest BCUT2D eigenvalue weighted by atomic mass is 9.45. The van der Waals surface area contributed by atoms with Crippen molar-refractivity contribution in [3.8, 4) is 0 Å². The first-order valence-electron chi connectivity index (χ1n) is 9.63. The maximum Gasteiger partial charge on any atom is 0.0543 e. The second-order valence-corrected chi connectivity index (χ2v) is 9.61. The van der Waals surface area contributed by atoms with E-state index < -0.39 is 0 Å². The molecule has 21 heavy (non-hydrogen) atoms. The molecule has 3 unspecified atom stereocenters. The van der Waals surface area contributed by atoms with Gasteiger partial charge in [0.1, 0.15) is 0 Å². The summed E-state index contributed by atoms with van der Waals surface area (Å²) in [6.45, 7) is 7.73. The minimum absolute atomic E-state index is 0.0000147. The molecule has 0 aliphatic heterocycles. The number of hydrogen-bond acceptors (Lipinski definition) is 1. The van der Waals surface area contributed by atoms with Gasteiger partial charge in [-0.3, -0.25) is 0 Å². The van der Waals surface area contributed by atoms with Gasteiger partial charge >= 0.3 is 0 Å². The predicted octanol–water partition coefficient (Wildman–Crippen LogP) is 5.03. The second kappa shape index (κ2) is 4.73. The van der Waals surface area contributed by atoms with Crippen molar-refractivity contribution in [3.63, 3.8) is 0 Å². The van der Waals surface area contributed by atoms with Gasteiger partial charge in [-0.05, 0) is 98.2 Å². The summed E-state index contributed by atoms with van der Waals surface area (Å²) in [6.07, 6.45) is 12.2. The minimum Gasteiger partial charge on any atom is -0.393 e. The first-order valence-corrected chi connectivity index (χ1v) is 9.63. The van der Waals surface area contributed by atoms with Crippen LogP contribution >= 0.6 is 0 Å². The summed E-state index contributed by atoms with van der Waals surface area (Å²) in [4.78, 5) is 0. The fourth-order valence-corrected chi connectivity index (χ4v) is 7.50. The highest BCUT2D eigenvalue weighted by Gasteiger charge is 2.59. The molecule has 0 saturated heterocycles. The molecule has 0 aromatic heterocycles. The van der Waals surface area contributed by atoms with Gasteiger partial charge < -0.3 is 5.11 Å². The van der Waals surface area contributed by atoms with E-state index in [-0.39, 0.29) is 6.10 Å². The first-order chi connectivity index (χ1) is 9.95. The molecule has 8 atom stereocenters. The van der Waals surface area contributed by atoms with Crippen molar-refractivity contribution in [2.75, 3.05) is 0 Å². The lowest BCUT2D eigenvalue weighted by Gasteiger charge is -2.60. The Morgan fingerprint density at radius 3 is 2.33 bits per heavy atom. The van der Waals surface area contributed by atoms with Gasteiger partial charge in [-0.1, -0.05) is 20.8 Å². The summed E-state index contributed by atoms with van der Waals surface area (Å²) in [7, 11) is 0. The van der Waals surface area contributed by atoms with E-state index in [0.29, 0.717) is 10.8 Å². The molecular formula is C20H34O. The van der Waals surface area contributed by atoms with Gasteiger partial charge in [0.25, 0.3) is 0 Å². The Bertz CT molecular complexity index is 418. The summed E-state index contributed by atoms with van der Waals surface area (Å²) in [5.41, 5.74) is 1.20. The third-order valence-corrected chi connectivity index (χ3v) is 9.11. The monoisotopic (exact) mass is 290 g/mol. The molecule has 1 heteroatoms. The molecule has 0 radical (unpaired) electrons. The Balaban J connectivity index is 1.62. The maximum atomic E-state index is 10.1. The average Bonchev–Trinajstić information content (AvgIpc) is 2.76. The molecule has 0 heterocycles. The van der Waals surface area contributed by atoms with E-state index in [0.717, 1.165) is 42.4 Å². The summed E-state index contributed by atoms with van der Waals surface area (Å²) in [6, 6.07) is 0. The van der Waals surface area contributed by atoms with Crippen LogP contribution in [0.5, 0.6) is 0 Å². The zero-order valence-electron chi connectivity index (χ0n) is 14.3. The standard InChI is InChI=1S/C20H34O/c1-13-4-7-17-16-6-5-14-12-15(21)8-10-20(14,3)18(16)9-11-19(13,17)2/h13-18,21H,4-12H2,1-3H3/t13?,14-,15-,16+,17?,18?,19-,20+/m1/s1. The molecule has 0 aromatic carbocycles. The third kappa shape index (κ3) is 1.92. The van der Waals surface area contributed by atoms with E-state index in [9.17, 15) is 5.11 Å². The lowest BCUT2D eigenvalue weighted by Crippen LogP contribution is -2.53. The van der Waals surface area contributed by atoms with Crippen molar-refractivity contribution >= 4 is 0 Å². The van der Waals surface area contributed by atoms with Gasteiger partial charge in [0.2, 0.25) is 0 Å². The summed E-state index contributed by atoms with van der Waals surface area (Å²) in [5.74, 6) is 4.74. The molecule has 1 N–H and O–H groups in total. The van der Waals surface area contributed by atoms with Crippen molar-refractivity contribution in [3.05, 3.63) is 0 Å².